The Kier molecular flexibility index (Phi) is 4.03. The number of aromatic nitrogens is 2. The number of rotatable bonds is 3. The molecule has 0 spiro atoms. The van der Waals surface area contributed by atoms with Crippen molar-refractivity contribution in [2.45, 2.75) is 25.8 Å². The minimum Gasteiger partial charge on any atom is -0.299 e. The van der Waals surface area contributed by atoms with Crippen LogP contribution in [0.4, 0.5) is 0 Å². The van der Waals surface area contributed by atoms with Crippen LogP contribution in [0.2, 0.25) is 0 Å². The molecule has 21 heavy (non-hydrogen) atoms. The molecular weight excluding hydrogens is 260 g/mol. The molecule has 1 aromatic carbocycles. The van der Waals surface area contributed by atoms with E-state index in [-0.39, 0.29) is 0 Å². The molecule has 4 nitrogen and oxygen atoms in total. The average Bonchev–Trinajstić information content (AvgIpc) is 2.75. The smallest absolute Gasteiger partial charge is 0.0991 e. The molecule has 1 aliphatic rings. The van der Waals surface area contributed by atoms with Gasteiger partial charge in [0.25, 0.3) is 0 Å². The van der Waals surface area contributed by atoms with E-state index >= 15 is 0 Å². The number of nitrogens with zero attached hydrogens (tertiary/aromatic N) is 4. The van der Waals surface area contributed by atoms with Crippen molar-refractivity contribution in [3.05, 3.63) is 52.8 Å². The van der Waals surface area contributed by atoms with E-state index in [1.165, 1.54) is 23.2 Å². The zero-order valence-electron chi connectivity index (χ0n) is 12.4. The summed E-state index contributed by atoms with van der Waals surface area (Å²) in [6.07, 6.45) is 5.36. The lowest BCUT2D eigenvalue weighted by Crippen LogP contribution is -2.25. The van der Waals surface area contributed by atoms with E-state index in [1.807, 2.05) is 30.1 Å². The van der Waals surface area contributed by atoms with Gasteiger partial charge in [-0.3, -0.25) is 9.58 Å². The zero-order chi connectivity index (χ0) is 14.7. The number of aryl methyl sites for hydroxylation is 1. The maximum atomic E-state index is 8.82. The molecule has 0 bridgehead atoms. The van der Waals surface area contributed by atoms with Crippen LogP contribution in [0.25, 0.3) is 0 Å². The normalized spacial score (nSPS) is 15.2. The van der Waals surface area contributed by atoms with Crippen LogP contribution in [-0.2, 0) is 26.4 Å². The highest BCUT2D eigenvalue weighted by Crippen LogP contribution is 2.18. The molecule has 1 aliphatic heterocycles. The second kappa shape index (κ2) is 6.11. The van der Waals surface area contributed by atoms with Gasteiger partial charge in [-0.15, -0.1) is 0 Å². The maximum absolute atomic E-state index is 8.82. The molecule has 2 heterocycles. The Balaban J connectivity index is 1.61. The van der Waals surface area contributed by atoms with Crippen LogP contribution < -0.4 is 0 Å². The maximum Gasteiger partial charge on any atom is 0.0991 e. The van der Waals surface area contributed by atoms with Crippen LogP contribution in [0.15, 0.2) is 30.5 Å². The molecule has 2 aromatic rings. The van der Waals surface area contributed by atoms with E-state index in [1.54, 1.807) is 0 Å². The summed E-state index contributed by atoms with van der Waals surface area (Å²) in [6, 6.07) is 10.1. The second-order valence-corrected chi connectivity index (χ2v) is 5.68. The predicted octanol–water partition coefficient (Wildman–Crippen LogP) is 2.28. The van der Waals surface area contributed by atoms with Crippen LogP contribution in [0.3, 0.4) is 0 Å². The highest BCUT2D eigenvalue weighted by atomic mass is 15.3. The molecule has 0 N–H and O–H groups in total. The van der Waals surface area contributed by atoms with Gasteiger partial charge in [0.05, 0.1) is 17.8 Å². The first kappa shape index (κ1) is 13.8. The van der Waals surface area contributed by atoms with Crippen LogP contribution in [0.1, 0.15) is 28.8 Å². The van der Waals surface area contributed by atoms with E-state index in [0.717, 1.165) is 38.0 Å². The lowest BCUT2D eigenvalue weighted by atomic mass is 10.1. The summed E-state index contributed by atoms with van der Waals surface area (Å²) in [5.74, 6) is 0. The average molecular weight is 280 g/mol. The van der Waals surface area contributed by atoms with Crippen molar-refractivity contribution in [3.8, 4) is 6.07 Å². The van der Waals surface area contributed by atoms with E-state index in [9.17, 15) is 0 Å². The number of hydrogen-bond donors (Lipinski definition) is 0. The monoisotopic (exact) mass is 280 g/mol. The molecule has 4 heteroatoms. The number of benzene rings is 1. The summed E-state index contributed by atoms with van der Waals surface area (Å²) >= 11 is 0. The Labute approximate surface area is 125 Å². The van der Waals surface area contributed by atoms with Crippen LogP contribution >= 0.6 is 0 Å². The lowest BCUT2D eigenvalue weighted by molar-refractivity contribution is 0.273. The van der Waals surface area contributed by atoms with Crippen molar-refractivity contribution in [1.29, 1.82) is 5.26 Å². The zero-order valence-corrected chi connectivity index (χ0v) is 12.4. The fraction of sp³-hybridized carbons (Fsp3) is 0.412. The third-order valence-corrected chi connectivity index (χ3v) is 4.23. The molecule has 0 saturated carbocycles. The Morgan fingerprint density at radius 3 is 2.86 bits per heavy atom. The topological polar surface area (TPSA) is 44.9 Å². The van der Waals surface area contributed by atoms with Gasteiger partial charge < -0.3 is 0 Å². The summed E-state index contributed by atoms with van der Waals surface area (Å²) in [4.78, 5) is 2.51. The van der Waals surface area contributed by atoms with Gasteiger partial charge in [0.1, 0.15) is 0 Å². The van der Waals surface area contributed by atoms with Gasteiger partial charge in [-0.25, -0.2) is 0 Å². The number of fused-ring (bicyclic) bond motifs is 1. The van der Waals surface area contributed by atoms with Crippen LogP contribution in [0.5, 0.6) is 0 Å². The molecule has 0 fully saturated rings. The third kappa shape index (κ3) is 3.14. The Hall–Kier alpha value is -2.12. The van der Waals surface area contributed by atoms with Crippen molar-refractivity contribution in [3.63, 3.8) is 0 Å². The molecule has 0 amide bonds. The second-order valence-electron chi connectivity index (χ2n) is 5.68. The molecule has 0 radical (unpaired) electrons. The standard InChI is InChI=1S/C17H20N4/c1-20-17-3-2-9-21(13-16(17)12-19-20)10-8-14-4-6-15(11-18)7-5-14/h4-7,12H,2-3,8-10,13H2,1H3. The lowest BCUT2D eigenvalue weighted by Gasteiger charge is -2.19. The highest BCUT2D eigenvalue weighted by Gasteiger charge is 2.17. The van der Waals surface area contributed by atoms with Crippen molar-refractivity contribution < 1.29 is 0 Å². The number of nitriles is 1. The Morgan fingerprint density at radius 2 is 2.10 bits per heavy atom. The fourth-order valence-corrected chi connectivity index (χ4v) is 2.98. The minimum atomic E-state index is 0.730. The van der Waals surface area contributed by atoms with Gasteiger partial charge in [-0.2, -0.15) is 10.4 Å². The molecule has 0 saturated heterocycles. The van der Waals surface area contributed by atoms with Gasteiger partial charge in [0.15, 0.2) is 0 Å². The molecule has 108 valence electrons. The van der Waals surface area contributed by atoms with E-state index in [4.69, 9.17) is 5.26 Å². The largest absolute Gasteiger partial charge is 0.299 e. The van der Waals surface area contributed by atoms with Crippen LogP contribution in [0, 0.1) is 11.3 Å². The summed E-state index contributed by atoms with van der Waals surface area (Å²) < 4.78 is 2.01. The van der Waals surface area contributed by atoms with Crippen molar-refractivity contribution in [2.24, 2.45) is 7.05 Å². The molecule has 0 unspecified atom stereocenters. The number of hydrogen-bond acceptors (Lipinski definition) is 3. The summed E-state index contributed by atoms with van der Waals surface area (Å²) in [7, 11) is 2.03. The SMILES string of the molecule is Cn1ncc2c1CCCN(CCc1ccc(C#N)cc1)C2. The third-order valence-electron chi connectivity index (χ3n) is 4.23. The van der Waals surface area contributed by atoms with Crippen molar-refractivity contribution in [2.75, 3.05) is 13.1 Å². The van der Waals surface area contributed by atoms with E-state index in [2.05, 4.69) is 28.2 Å². The quantitative estimate of drug-likeness (QED) is 0.866. The summed E-state index contributed by atoms with van der Waals surface area (Å²) in [5.41, 5.74) is 4.78. The van der Waals surface area contributed by atoms with E-state index in [0.29, 0.717) is 0 Å². The molecule has 0 atom stereocenters. The first-order chi connectivity index (χ1) is 10.3. The first-order valence-electron chi connectivity index (χ1n) is 7.47. The van der Waals surface area contributed by atoms with Crippen LogP contribution in [-0.4, -0.2) is 27.8 Å². The highest BCUT2D eigenvalue weighted by molar-refractivity contribution is 5.31. The fourth-order valence-electron chi connectivity index (χ4n) is 2.98. The predicted molar refractivity (Wildman–Crippen MR) is 81.7 cm³/mol. The first-order valence-corrected chi connectivity index (χ1v) is 7.47. The van der Waals surface area contributed by atoms with Gasteiger partial charge in [0.2, 0.25) is 0 Å². The van der Waals surface area contributed by atoms with Gasteiger partial charge >= 0.3 is 0 Å². The van der Waals surface area contributed by atoms with Gasteiger partial charge in [-0.05, 0) is 43.5 Å². The minimum absolute atomic E-state index is 0.730. The molecule has 3 rings (SSSR count). The summed E-state index contributed by atoms with van der Waals surface area (Å²) in [5, 5.41) is 13.2. The van der Waals surface area contributed by atoms with Gasteiger partial charge in [-0.1, -0.05) is 12.1 Å². The van der Waals surface area contributed by atoms with E-state index < -0.39 is 0 Å². The molecular formula is C17H20N4. The Morgan fingerprint density at radius 1 is 1.29 bits per heavy atom. The van der Waals surface area contributed by atoms with Crippen molar-refractivity contribution >= 4 is 0 Å². The van der Waals surface area contributed by atoms with Gasteiger partial charge in [0, 0.05) is 31.4 Å². The Bertz CT molecular complexity index is 648. The molecule has 1 aromatic heterocycles. The summed E-state index contributed by atoms with van der Waals surface area (Å²) in [6.45, 7) is 3.20. The van der Waals surface area contributed by atoms with Crippen molar-refractivity contribution in [1.82, 2.24) is 14.7 Å². The molecule has 0 aliphatic carbocycles.